The number of halogens is 1. The van der Waals surface area contributed by atoms with Crippen LogP contribution in [-0.2, 0) is 5.41 Å². The van der Waals surface area contributed by atoms with Crippen molar-refractivity contribution in [3.63, 3.8) is 0 Å². The molecule has 0 amide bonds. The lowest BCUT2D eigenvalue weighted by molar-refractivity contribution is 0.569. The van der Waals surface area contributed by atoms with Crippen LogP contribution in [-0.4, -0.2) is 11.5 Å². The fourth-order valence-corrected chi connectivity index (χ4v) is 3.03. The van der Waals surface area contributed by atoms with E-state index in [9.17, 15) is 0 Å². The van der Waals surface area contributed by atoms with E-state index >= 15 is 0 Å². The number of fused-ring (bicyclic) bond motifs is 1. The van der Waals surface area contributed by atoms with E-state index in [-0.39, 0.29) is 5.41 Å². The van der Waals surface area contributed by atoms with Crippen molar-refractivity contribution in [2.45, 2.75) is 40.0 Å². The molecule has 0 saturated carbocycles. The molecule has 2 aromatic rings. The van der Waals surface area contributed by atoms with E-state index in [1.807, 2.05) is 19.9 Å². The predicted molar refractivity (Wildman–Crippen MR) is 91.8 cm³/mol. The minimum Gasteiger partial charge on any atom is -0.339 e. The van der Waals surface area contributed by atoms with Gasteiger partial charge in [0.2, 0.25) is 0 Å². The lowest BCUT2D eigenvalue weighted by Gasteiger charge is -2.23. The molecule has 21 heavy (non-hydrogen) atoms. The number of aryl methyl sites for hydroxylation is 1. The summed E-state index contributed by atoms with van der Waals surface area (Å²) < 4.78 is 0. The smallest absolute Gasteiger partial charge is 0.0826 e. The van der Waals surface area contributed by atoms with Crippen LogP contribution in [0.25, 0.3) is 0 Å². The summed E-state index contributed by atoms with van der Waals surface area (Å²) in [6.07, 6.45) is 3.50. The van der Waals surface area contributed by atoms with Gasteiger partial charge < -0.3 is 4.90 Å². The molecule has 0 saturated heterocycles. The molecule has 1 aliphatic rings. The average Bonchev–Trinajstić information content (AvgIpc) is 2.73. The van der Waals surface area contributed by atoms with Crippen molar-refractivity contribution in [1.82, 2.24) is 4.98 Å². The third-order valence-electron chi connectivity index (χ3n) is 3.77. The molecule has 1 aromatic heterocycles. The summed E-state index contributed by atoms with van der Waals surface area (Å²) in [7, 11) is 0. The Morgan fingerprint density at radius 2 is 1.86 bits per heavy atom. The van der Waals surface area contributed by atoms with Crippen LogP contribution in [0.4, 0.5) is 11.4 Å². The van der Waals surface area contributed by atoms with Gasteiger partial charge in [0.15, 0.2) is 0 Å². The van der Waals surface area contributed by atoms with Crippen molar-refractivity contribution in [3.8, 4) is 0 Å². The third kappa shape index (κ3) is 2.91. The fraction of sp³-hybridized carbons (Fsp3) is 0.389. The summed E-state index contributed by atoms with van der Waals surface area (Å²) in [6.45, 7) is 11.6. The Hall–Kier alpha value is -1.54. The van der Waals surface area contributed by atoms with E-state index in [1.165, 1.54) is 16.8 Å². The van der Waals surface area contributed by atoms with Crippen LogP contribution in [0, 0.1) is 6.92 Å². The number of hydrogen-bond donors (Lipinski definition) is 0. The second-order valence-corrected chi connectivity index (χ2v) is 6.22. The van der Waals surface area contributed by atoms with Gasteiger partial charge in [-0.2, -0.15) is 0 Å². The molecule has 2 heterocycles. The molecule has 0 aliphatic carbocycles. The lowest BCUT2D eigenvalue weighted by Crippen LogP contribution is -2.25. The van der Waals surface area contributed by atoms with Crippen molar-refractivity contribution >= 4 is 23.0 Å². The average molecular weight is 303 g/mol. The molecule has 1 aliphatic heterocycles. The molecule has 3 rings (SSSR count). The number of rotatable bonds is 1. The molecule has 3 heteroatoms. The SMILES string of the molecule is CC.Cc1ccc2c(c1)N(c1ccncc1Cl)CC2(C)C. The number of aromatic nitrogens is 1. The second-order valence-electron chi connectivity index (χ2n) is 5.82. The monoisotopic (exact) mass is 302 g/mol. The zero-order chi connectivity index (χ0) is 15.6. The Balaban J connectivity index is 0.000000774. The maximum atomic E-state index is 6.30. The highest BCUT2D eigenvalue weighted by atomic mass is 35.5. The molecule has 0 spiro atoms. The molecular formula is C18H23ClN2. The van der Waals surface area contributed by atoms with Crippen molar-refractivity contribution in [1.29, 1.82) is 0 Å². The van der Waals surface area contributed by atoms with Gasteiger partial charge in [0.1, 0.15) is 0 Å². The molecule has 2 nitrogen and oxygen atoms in total. The minimum absolute atomic E-state index is 0.135. The van der Waals surface area contributed by atoms with Crippen LogP contribution in [0.3, 0.4) is 0 Å². The van der Waals surface area contributed by atoms with Gasteiger partial charge in [-0.3, -0.25) is 4.98 Å². The van der Waals surface area contributed by atoms with Crippen molar-refractivity contribution in [2.75, 3.05) is 11.4 Å². The summed E-state index contributed by atoms with van der Waals surface area (Å²) in [4.78, 5) is 6.37. The number of hydrogen-bond acceptors (Lipinski definition) is 2. The van der Waals surface area contributed by atoms with Crippen molar-refractivity contribution in [3.05, 3.63) is 52.8 Å². The third-order valence-corrected chi connectivity index (χ3v) is 4.06. The highest BCUT2D eigenvalue weighted by Crippen LogP contribution is 2.45. The molecule has 0 radical (unpaired) electrons. The summed E-state index contributed by atoms with van der Waals surface area (Å²) in [6, 6.07) is 8.63. The highest BCUT2D eigenvalue weighted by Gasteiger charge is 2.36. The van der Waals surface area contributed by atoms with Crippen molar-refractivity contribution < 1.29 is 0 Å². The number of anilines is 2. The Morgan fingerprint density at radius 1 is 1.14 bits per heavy atom. The summed E-state index contributed by atoms with van der Waals surface area (Å²) in [5.74, 6) is 0. The normalized spacial score (nSPS) is 15.2. The van der Waals surface area contributed by atoms with Gasteiger partial charge in [-0.25, -0.2) is 0 Å². The lowest BCUT2D eigenvalue weighted by atomic mass is 9.87. The van der Waals surface area contributed by atoms with Gasteiger partial charge in [-0.05, 0) is 30.2 Å². The minimum atomic E-state index is 0.135. The van der Waals surface area contributed by atoms with Gasteiger partial charge >= 0.3 is 0 Å². The number of nitrogens with zero attached hydrogens (tertiary/aromatic N) is 2. The van der Waals surface area contributed by atoms with Crippen LogP contribution in [0.2, 0.25) is 5.02 Å². The molecular weight excluding hydrogens is 280 g/mol. The first-order chi connectivity index (χ1) is 9.99. The first-order valence-corrected chi connectivity index (χ1v) is 7.85. The molecule has 0 atom stereocenters. The van der Waals surface area contributed by atoms with Crippen LogP contribution < -0.4 is 4.90 Å². The van der Waals surface area contributed by atoms with Crippen LogP contribution in [0.1, 0.15) is 38.8 Å². The first-order valence-electron chi connectivity index (χ1n) is 7.47. The second kappa shape index (κ2) is 6.07. The van der Waals surface area contributed by atoms with E-state index in [4.69, 9.17) is 11.6 Å². The van der Waals surface area contributed by atoms with Gasteiger partial charge in [-0.1, -0.05) is 51.4 Å². The molecule has 0 unspecified atom stereocenters. The van der Waals surface area contributed by atoms with Crippen LogP contribution in [0.5, 0.6) is 0 Å². The predicted octanol–water partition coefficient (Wildman–Crippen LogP) is 5.50. The summed E-state index contributed by atoms with van der Waals surface area (Å²) >= 11 is 6.30. The van der Waals surface area contributed by atoms with E-state index in [0.29, 0.717) is 5.02 Å². The quantitative estimate of drug-likeness (QED) is 0.691. The standard InChI is InChI=1S/C16H17ClN2.C2H6/c1-11-4-5-12-15(8-11)19(10-16(12,2)3)14-6-7-18-9-13(14)17;1-2/h4-9H,10H2,1-3H3;1-2H3. The number of benzene rings is 1. The molecule has 0 N–H and O–H groups in total. The maximum Gasteiger partial charge on any atom is 0.0826 e. The Morgan fingerprint density at radius 3 is 2.52 bits per heavy atom. The molecule has 0 bridgehead atoms. The number of pyridine rings is 1. The summed E-state index contributed by atoms with van der Waals surface area (Å²) in [5, 5.41) is 0.702. The van der Waals surface area contributed by atoms with E-state index < -0.39 is 0 Å². The molecule has 0 fully saturated rings. The Labute approximate surface area is 132 Å². The highest BCUT2D eigenvalue weighted by molar-refractivity contribution is 6.33. The maximum absolute atomic E-state index is 6.30. The zero-order valence-electron chi connectivity index (χ0n) is 13.4. The Kier molecular flexibility index (Phi) is 4.58. The van der Waals surface area contributed by atoms with Crippen LogP contribution in [0.15, 0.2) is 36.7 Å². The van der Waals surface area contributed by atoms with E-state index in [0.717, 1.165) is 12.2 Å². The zero-order valence-corrected chi connectivity index (χ0v) is 14.2. The van der Waals surface area contributed by atoms with Crippen molar-refractivity contribution in [2.24, 2.45) is 0 Å². The Bertz CT molecular complexity index is 635. The van der Waals surface area contributed by atoms with Gasteiger partial charge in [0.25, 0.3) is 0 Å². The molecule has 1 aromatic carbocycles. The van der Waals surface area contributed by atoms with E-state index in [1.54, 1.807) is 12.4 Å². The van der Waals surface area contributed by atoms with Gasteiger partial charge in [0, 0.05) is 30.0 Å². The molecule has 112 valence electrons. The summed E-state index contributed by atoms with van der Waals surface area (Å²) in [5.41, 5.74) is 5.08. The van der Waals surface area contributed by atoms with Gasteiger partial charge in [-0.15, -0.1) is 0 Å². The van der Waals surface area contributed by atoms with Crippen LogP contribution >= 0.6 is 11.6 Å². The fourth-order valence-electron chi connectivity index (χ4n) is 2.80. The van der Waals surface area contributed by atoms with E-state index in [2.05, 4.69) is 48.9 Å². The van der Waals surface area contributed by atoms with Gasteiger partial charge in [0.05, 0.1) is 10.7 Å². The first kappa shape index (κ1) is 15.8. The topological polar surface area (TPSA) is 16.1 Å². The largest absolute Gasteiger partial charge is 0.339 e.